The van der Waals surface area contributed by atoms with Crippen molar-refractivity contribution in [3.63, 3.8) is 0 Å². The van der Waals surface area contributed by atoms with Crippen LogP contribution in [-0.2, 0) is 10.0 Å². The number of hydrazone groups is 1. The van der Waals surface area contributed by atoms with Gasteiger partial charge in [-0.1, -0.05) is 15.9 Å². The molecule has 0 aromatic heterocycles. The molecule has 1 rings (SSSR count). The number of sulfonamides is 1. The first-order valence-electron chi connectivity index (χ1n) is 4.20. The Labute approximate surface area is 97.6 Å². The first-order valence-corrected chi connectivity index (χ1v) is 6.48. The zero-order valence-corrected chi connectivity index (χ0v) is 10.8. The molecule has 1 aromatic carbocycles. The lowest BCUT2D eigenvalue weighted by atomic mass is 10.4. The number of halogens is 1. The normalized spacial score (nSPS) is 10.9. The maximum absolute atomic E-state index is 11.6. The van der Waals surface area contributed by atoms with E-state index in [2.05, 4.69) is 25.9 Å². The molecule has 4 nitrogen and oxygen atoms in total. The number of rotatable bonds is 3. The third-order valence-corrected chi connectivity index (χ3v) is 3.27. The SMILES string of the molecule is CC(C)=NNS(=O)(=O)c1ccc(Br)cc1. The molecule has 1 N–H and O–H groups in total. The van der Waals surface area contributed by atoms with Crippen molar-refractivity contribution in [2.24, 2.45) is 5.10 Å². The molecule has 15 heavy (non-hydrogen) atoms. The number of benzene rings is 1. The highest BCUT2D eigenvalue weighted by atomic mass is 79.9. The summed E-state index contributed by atoms with van der Waals surface area (Å²) >= 11 is 3.23. The van der Waals surface area contributed by atoms with Gasteiger partial charge in [0.2, 0.25) is 0 Å². The molecule has 6 heteroatoms. The molecule has 0 saturated heterocycles. The molecule has 0 fully saturated rings. The molecule has 0 atom stereocenters. The summed E-state index contributed by atoms with van der Waals surface area (Å²) in [7, 11) is -3.53. The van der Waals surface area contributed by atoms with Crippen molar-refractivity contribution in [2.45, 2.75) is 18.7 Å². The van der Waals surface area contributed by atoms with Crippen LogP contribution in [0.2, 0.25) is 0 Å². The quantitative estimate of drug-likeness (QED) is 0.685. The molecule has 0 unspecified atom stereocenters. The lowest BCUT2D eigenvalue weighted by Gasteiger charge is -2.03. The van der Waals surface area contributed by atoms with E-state index in [1.807, 2.05) is 0 Å². The Hall–Kier alpha value is -0.880. The Kier molecular flexibility index (Phi) is 3.87. The Morgan fingerprint density at radius 2 is 1.80 bits per heavy atom. The van der Waals surface area contributed by atoms with Crippen LogP contribution in [0.15, 0.2) is 38.7 Å². The minimum atomic E-state index is -3.53. The molecule has 0 spiro atoms. The van der Waals surface area contributed by atoms with Gasteiger partial charge in [-0.25, -0.2) is 4.83 Å². The summed E-state index contributed by atoms with van der Waals surface area (Å²) < 4.78 is 24.1. The van der Waals surface area contributed by atoms with Gasteiger partial charge in [0.15, 0.2) is 0 Å². The summed E-state index contributed by atoms with van der Waals surface area (Å²) in [6, 6.07) is 6.34. The van der Waals surface area contributed by atoms with E-state index in [1.54, 1.807) is 26.0 Å². The average Bonchev–Trinajstić information content (AvgIpc) is 2.16. The molecule has 0 radical (unpaired) electrons. The van der Waals surface area contributed by atoms with Crippen LogP contribution in [0, 0.1) is 0 Å². The average molecular weight is 291 g/mol. The van der Waals surface area contributed by atoms with Crippen LogP contribution in [0.4, 0.5) is 0 Å². The summed E-state index contributed by atoms with van der Waals surface area (Å²) in [5.74, 6) is 0. The second-order valence-electron chi connectivity index (χ2n) is 3.11. The highest BCUT2D eigenvalue weighted by Crippen LogP contribution is 2.14. The highest BCUT2D eigenvalue weighted by Gasteiger charge is 2.11. The first-order chi connectivity index (χ1) is 6.92. The van der Waals surface area contributed by atoms with Gasteiger partial charge in [-0.05, 0) is 38.1 Å². The smallest absolute Gasteiger partial charge is 0.200 e. The third-order valence-electron chi connectivity index (χ3n) is 1.51. The van der Waals surface area contributed by atoms with E-state index in [4.69, 9.17) is 0 Å². The molecule has 0 bridgehead atoms. The van der Waals surface area contributed by atoms with E-state index in [9.17, 15) is 8.42 Å². The molecule has 0 aliphatic carbocycles. The molecule has 0 saturated carbocycles. The Bertz CT molecular complexity index is 461. The van der Waals surface area contributed by atoms with Gasteiger partial charge in [0.05, 0.1) is 4.90 Å². The molecule has 1 aromatic rings. The summed E-state index contributed by atoms with van der Waals surface area (Å²) in [6.45, 7) is 3.42. The Morgan fingerprint density at radius 1 is 1.27 bits per heavy atom. The van der Waals surface area contributed by atoms with E-state index < -0.39 is 10.0 Å². The zero-order valence-electron chi connectivity index (χ0n) is 8.36. The summed E-state index contributed by atoms with van der Waals surface area (Å²) in [6.07, 6.45) is 0. The maximum atomic E-state index is 11.6. The lowest BCUT2D eigenvalue weighted by molar-refractivity contribution is 0.584. The maximum Gasteiger partial charge on any atom is 0.276 e. The van der Waals surface area contributed by atoms with Gasteiger partial charge in [-0.3, -0.25) is 0 Å². The van der Waals surface area contributed by atoms with Gasteiger partial charge < -0.3 is 0 Å². The summed E-state index contributed by atoms with van der Waals surface area (Å²) in [5.41, 5.74) is 0.649. The fraction of sp³-hybridized carbons (Fsp3) is 0.222. The van der Waals surface area contributed by atoms with Crippen molar-refractivity contribution in [2.75, 3.05) is 0 Å². The van der Waals surface area contributed by atoms with Crippen LogP contribution in [0.3, 0.4) is 0 Å². The standard InChI is InChI=1S/C9H11BrN2O2S/c1-7(2)11-12-15(13,14)9-5-3-8(10)4-6-9/h3-6,12H,1-2H3. The van der Waals surface area contributed by atoms with Crippen molar-refractivity contribution in [1.29, 1.82) is 0 Å². The third kappa shape index (κ3) is 3.64. The van der Waals surface area contributed by atoms with Gasteiger partial charge in [0.25, 0.3) is 10.0 Å². The second-order valence-corrected chi connectivity index (χ2v) is 5.68. The van der Waals surface area contributed by atoms with Crippen LogP contribution in [0.25, 0.3) is 0 Å². The van der Waals surface area contributed by atoms with E-state index in [0.717, 1.165) is 4.47 Å². The van der Waals surface area contributed by atoms with Crippen molar-refractivity contribution in [3.8, 4) is 0 Å². The van der Waals surface area contributed by atoms with Gasteiger partial charge in [0.1, 0.15) is 0 Å². The van der Waals surface area contributed by atoms with Crippen molar-refractivity contribution in [3.05, 3.63) is 28.7 Å². The number of hydrogen-bond donors (Lipinski definition) is 1. The van der Waals surface area contributed by atoms with Crippen LogP contribution in [-0.4, -0.2) is 14.1 Å². The fourth-order valence-corrected chi connectivity index (χ4v) is 1.98. The molecule has 0 heterocycles. The topological polar surface area (TPSA) is 58.5 Å². The number of nitrogens with zero attached hydrogens (tertiary/aromatic N) is 1. The largest absolute Gasteiger partial charge is 0.276 e. The van der Waals surface area contributed by atoms with Crippen LogP contribution < -0.4 is 4.83 Å². The Balaban J connectivity index is 2.97. The fourth-order valence-electron chi connectivity index (χ4n) is 0.818. The second kappa shape index (κ2) is 4.76. The molecule has 0 aliphatic rings. The van der Waals surface area contributed by atoms with E-state index in [0.29, 0.717) is 5.71 Å². The van der Waals surface area contributed by atoms with Gasteiger partial charge in [-0.15, -0.1) is 0 Å². The first kappa shape index (κ1) is 12.2. The monoisotopic (exact) mass is 290 g/mol. The summed E-state index contributed by atoms with van der Waals surface area (Å²) in [4.78, 5) is 2.33. The summed E-state index contributed by atoms with van der Waals surface area (Å²) in [5, 5.41) is 3.66. The lowest BCUT2D eigenvalue weighted by Crippen LogP contribution is -2.19. The minimum Gasteiger partial charge on any atom is -0.200 e. The van der Waals surface area contributed by atoms with Gasteiger partial charge >= 0.3 is 0 Å². The van der Waals surface area contributed by atoms with Crippen LogP contribution >= 0.6 is 15.9 Å². The molecule has 0 aliphatic heterocycles. The van der Waals surface area contributed by atoms with E-state index in [-0.39, 0.29) is 4.90 Å². The van der Waals surface area contributed by atoms with Crippen molar-refractivity contribution < 1.29 is 8.42 Å². The number of nitrogens with one attached hydrogen (secondary N) is 1. The van der Waals surface area contributed by atoms with E-state index in [1.165, 1.54) is 12.1 Å². The molecule has 82 valence electrons. The Morgan fingerprint density at radius 3 is 2.27 bits per heavy atom. The predicted octanol–water partition coefficient (Wildman–Crippen LogP) is 2.12. The van der Waals surface area contributed by atoms with Gasteiger partial charge in [-0.2, -0.15) is 13.5 Å². The van der Waals surface area contributed by atoms with Crippen LogP contribution in [0.1, 0.15) is 13.8 Å². The zero-order chi connectivity index (χ0) is 11.5. The highest BCUT2D eigenvalue weighted by molar-refractivity contribution is 9.10. The van der Waals surface area contributed by atoms with Gasteiger partial charge in [0, 0.05) is 10.2 Å². The molecular formula is C9H11BrN2O2S. The minimum absolute atomic E-state index is 0.190. The van der Waals surface area contributed by atoms with E-state index >= 15 is 0 Å². The molecular weight excluding hydrogens is 280 g/mol. The predicted molar refractivity (Wildman–Crippen MR) is 63.2 cm³/mol. The van der Waals surface area contributed by atoms with Crippen molar-refractivity contribution in [1.82, 2.24) is 4.83 Å². The van der Waals surface area contributed by atoms with Crippen LogP contribution in [0.5, 0.6) is 0 Å². The number of hydrogen-bond acceptors (Lipinski definition) is 3. The van der Waals surface area contributed by atoms with Crippen molar-refractivity contribution >= 4 is 31.7 Å². The molecule has 0 amide bonds.